The number of hydrogen-bond donors (Lipinski definition) is 0. The molecule has 0 radical (unpaired) electrons. The number of alkyl halides is 4. The molecule has 0 rings (SSSR count). The number of ether oxygens (including phenoxy) is 2. The maximum Gasteiger partial charge on any atom is 0.396 e. The summed E-state index contributed by atoms with van der Waals surface area (Å²) < 4.78 is 91.2. The fourth-order valence-corrected chi connectivity index (χ4v) is 1.61. The van der Waals surface area contributed by atoms with Crippen LogP contribution in [-0.2, 0) is 24.4 Å². The summed E-state index contributed by atoms with van der Waals surface area (Å²) in [5.74, 6) is -5.67. The molecule has 22 heavy (non-hydrogen) atoms. The molecule has 0 fully saturated rings. The topological polar surface area (TPSA) is 92.7 Å². The highest BCUT2D eigenvalue weighted by Crippen LogP contribution is 2.41. The summed E-state index contributed by atoms with van der Waals surface area (Å²) in [6.45, 7) is 3.96. The molecule has 0 N–H and O–H groups in total. The van der Waals surface area contributed by atoms with E-state index in [2.05, 4.69) is 11.3 Å². The zero-order valence-electron chi connectivity index (χ0n) is 11.6. The smallest absolute Gasteiger partial charge is 0.396 e. The summed E-state index contributed by atoms with van der Waals surface area (Å²) in [6.07, 6.45) is -2.17. The fourth-order valence-electron chi connectivity index (χ4n) is 1.14. The minimum atomic E-state index is -6.47. The SMILES string of the molecule is C=C(C)C(=O)OCCOCCCC(F)(F)C(F)(F)S(=O)(=O)[O-]. The van der Waals surface area contributed by atoms with Crippen LogP contribution in [0.2, 0.25) is 0 Å². The van der Waals surface area contributed by atoms with Crippen molar-refractivity contribution in [2.75, 3.05) is 19.8 Å². The van der Waals surface area contributed by atoms with Crippen molar-refractivity contribution in [2.45, 2.75) is 30.9 Å². The van der Waals surface area contributed by atoms with E-state index in [0.29, 0.717) is 0 Å². The lowest BCUT2D eigenvalue weighted by Gasteiger charge is -2.28. The molecule has 0 saturated heterocycles. The summed E-state index contributed by atoms with van der Waals surface area (Å²) in [5, 5.41) is -5.68. The summed E-state index contributed by atoms with van der Waals surface area (Å²) >= 11 is 0. The molecule has 0 aromatic carbocycles. The Kier molecular flexibility index (Phi) is 7.45. The Balaban J connectivity index is 4.06. The molecule has 11 heteroatoms. The number of halogens is 4. The van der Waals surface area contributed by atoms with E-state index in [9.17, 15) is 35.3 Å². The maximum atomic E-state index is 13.0. The van der Waals surface area contributed by atoms with Gasteiger partial charge >= 0.3 is 17.1 Å². The predicted octanol–water partition coefficient (Wildman–Crippen LogP) is 1.68. The molecule has 0 atom stereocenters. The van der Waals surface area contributed by atoms with Crippen molar-refractivity contribution in [3.63, 3.8) is 0 Å². The minimum Gasteiger partial charge on any atom is -0.743 e. The normalized spacial score (nSPS) is 13.0. The molecule has 0 aromatic heterocycles. The summed E-state index contributed by atoms with van der Waals surface area (Å²) in [6, 6.07) is 0. The number of rotatable bonds is 10. The first-order valence-corrected chi connectivity index (χ1v) is 7.35. The lowest BCUT2D eigenvalue weighted by Crippen LogP contribution is -2.46. The van der Waals surface area contributed by atoms with Gasteiger partial charge in [-0.1, -0.05) is 6.58 Å². The number of carbonyl (C=O) groups is 1. The minimum absolute atomic E-state index is 0.153. The number of carbonyl (C=O) groups excluding carboxylic acids is 1. The average Bonchev–Trinajstić information content (AvgIpc) is 2.35. The molecule has 0 aliphatic rings. The Labute approximate surface area is 124 Å². The van der Waals surface area contributed by atoms with Gasteiger partial charge in [0, 0.05) is 18.6 Å². The third-order valence-corrected chi connectivity index (χ3v) is 3.26. The van der Waals surface area contributed by atoms with Gasteiger partial charge in [0.25, 0.3) is 0 Å². The van der Waals surface area contributed by atoms with E-state index in [1.807, 2.05) is 0 Å². The molecular weight excluding hydrogens is 336 g/mol. The molecule has 0 heterocycles. The van der Waals surface area contributed by atoms with Gasteiger partial charge in [0.05, 0.1) is 6.61 Å². The van der Waals surface area contributed by atoms with E-state index >= 15 is 0 Å². The molecule has 0 aliphatic heterocycles. The molecule has 0 aliphatic carbocycles. The van der Waals surface area contributed by atoms with Gasteiger partial charge in [0.2, 0.25) is 0 Å². The fraction of sp³-hybridized carbons (Fsp3) is 0.727. The van der Waals surface area contributed by atoms with Crippen LogP contribution in [0.1, 0.15) is 19.8 Å². The molecule has 0 bridgehead atoms. The van der Waals surface area contributed by atoms with Gasteiger partial charge < -0.3 is 14.0 Å². The van der Waals surface area contributed by atoms with Gasteiger partial charge in [0.1, 0.15) is 6.61 Å². The Morgan fingerprint density at radius 3 is 2.18 bits per heavy atom. The largest absolute Gasteiger partial charge is 0.743 e. The van der Waals surface area contributed by atoms with Crippen LogP contribution in [0, 0.1) is 0 Å². The molecule has 6 nitrogen and oxygen atoms in total. The van der Waals surface area contributed by atoms with Crippen LogP contribution >= 0.6 is 0 Å². The Morgan fingerprint density at radius 1 is 1.18 bits per heavy atom. The van der Waals surface area contributed by atoms with E-state index in [1.165, 1.54) is 6.92 Å². The Bertz CT molecular complexity index is 503. The highest BCUT2D eigenvalue weighted by atomic mass is 32.2. The van der Waals surface area contributed by atoms with Crippen LogP contribution in [-0.4, -0.2) is 49.9 Å². The van der Waals surface area contributed by atoms with Crippen LogP contribution in [0.25, 0.3) is 0 Å². The second-order valence-electron chi connectivity index (χ2n) is 4.31. The lowest BCUT2D eigenvalue weighted by molar-refractivity contribution is -0.166. The second kappa shape index (κ2) is 7.88. The Hall–Kier alpha value is -1.20. The van der Waals surface area contributed by atoms with Crippen LogP contribution in [0.3, 0.4) is 0 Å². The van der Waals surface area contributed by atoms with Gasteiger partial charge in [-0.05, 0) is 13.3 Å². The van der Waals surface area contributed by atoms with Gasteiger partial charge in [0.15, 0.2) is 10.1 Å². The highest BCUT2D eigenvalue weighted by molar-refractivity contribution is 7.86. The van der Waals surface area contributed by atoms with E-state index in [-0.39, 0.29) is 18.8 Å². The van der Waals surface area contributed by atoms with Gasteiger partial charge in [-0.15, -0.1) is 0 Å². The highest BCUT2D eigenvalue weighted by Gasteiger charge is 2.60. The third kappa shape index (κ3) is 5.89. The maximum absolute atomic E-state index is 13.0. The van der Waals surface area contributed by atoms with Crippen molar-refractivity contribution >= 4 is 16.1 Å². The van der Waals surface area contributed by atoms with Gasteiger partial charge in [-0.2, -0.15) is 17.6 Å². The van der Waals surface area contributed by atoms with E-state index in [0.717, 1.165) is 0 Å². The van der Waals surface area contributed by atoms with Crippen molar-refractivity contribution in [1.82, 2.24) is 0 Å². The van der Waals surface area contributed by atoms with Crippen molar-refractivity contribution in [3.8, 4) is 0 Å². The summed E-state index contributed by atoms with van der Waals surface area (Å²) in [5.41, 5.74) is 0.153. The van der Waals surface area contributed by atoms with Crippen LogP contribution in [0.5, 0.6) is 0 Å². The first-order chi connectivity index (χ1) is 9.83. The third-order valence-electron chi connectivity index (χ3n) is 2.33. The molecule has 0 spiro atoms. The first-order valence-electron chi connectivity index (χ1n) is 5.94. The van der Waals surface area contributed by atoms with E-state index in [1.54, 1.807) is 0 Å². The summed E-state index contributed by atoms with van der Waals surface area (Å²) in [4.78, 5) is 10.9. The molecular formula is C11H15F4O6S-. The van der Waals surface area contributed by atoms with Gasteiger partial charge in [-0.3, -0.25) is 0 Å². The zero-order valence-corrected chi connectivity index (χ0v) is 12.4. The number of esters is 1. The number of hydrogen-bond acceptors (Lipinski definition) is 6. The van der Waals surface area contributed by atoms with E-state index < -0.39 is 46.7 Å². The standard InChI is InChI=1S/C11H16F4O6S/c1-8(2)9(16)21-7-6-20-5-3-4-10(12,13)11(14,15)22(17,18)19/h1,3-7H2,2H3,(H,17,18,19)/p-1. The Morgan fingerprint density at radius 2 is 1.73 bits per heavy atom. The molecule has 0 unspecified atom stereocenters. The zero-order chi connectivity index (χ0) is 17.6. The van der Waals surface area contributed by atoms with Gasteiger partial charge in [-0.25, -0.2) is 13.2 Å². The average molecular weight is 351 g/mol. The molecule has 130 valence electrons. The second-order valence-corrected chi connectivity index (χ2v) is 5.73. The quantitative estimate of drug-likeness (QED) is 0.195. The molecule has 0 aromatic rings. The van der Waals surface area contributed by atoms with E-state index in [4.69, 9.17) is 4.74 Å². The van der Waals surface area contributed by atoms with Crippen LogP contribution < -0.4 is 0 Å². The van der Waals surface area contributed by atoms with Crippen LogP contribution in [0.15, 0.2) is 12.2 Å². The predicted molar refractivity (Wildman–Crippen MR) is 65.4 cm³/mol. The lowest BCUT2D eigenvalue weighted by atomic mass is 10.2. The molecule has 0 amide bonds. The summed E-state index contributed by atoms with van der Waals surface area (Å²) in [7, 11) is -6.47. The first kappa shape index (κ1) is 20.8. The van der Waals surface area contributed by atoms with Crippen molar-refractivity contribution in [2.24, 2.45) is 0 Å². The van der Waals surface area contributed by atoms with Crippen molar-refractivity contribution < 1.29 is 44.8 Å². The monoisotopic (exact) mass is 351 g/mol. The van der Waals surface area contributed by atoms with Crippen molar-refractivity contribution in [3.05, 3.63) is 12.2 Å². The van der Waals surface area contributed by atoms with Crippen LogP contribution in [0.4, 0.5) is 17.6 Å². The van der Waals surface area contributed by atoms with Crippen molar-refractivity contribution in [1.29, 1.82) is 0 Å². The molecule has 0 saturated carbocycles.